The second-order valence-electron chi connectivity index (χ2n) is 19.7. The van der Waals surface area contributed by atoms with Gasteiger partial charge in [0.2, 0.25) is 0 Å². The molecule has 6 aliphatic rings. The minimum absolute atomic E-state index is 0.0577. The van der Waals surface area contributed by atoms with Crippen LogP contribution in [0, 0.1) is 23.7 Å². The van der Waals surface area contributed by atoms with Gasteiger partial charge < -0.3 is 9.80 Å². The summed E-state index contributed by atoms with van der Waals surface area (Å²) in [4.78, 5) is 5.01. The Balaban J connectivity index is 1.02. The second kappa shape index (κ2) is 13.9. The van der Waals surface area contributed by atoms with E-state index in [0.29, 0.717) is 11.8 Å². The number of hydrogen-bond donors (Lipinski definition) is 0. The molecule has 0 aliphatic heterocycles. The predicted octanol–water partition coefficient (Wildman–Crippen LogP) is 16.3. The quantitative estimate of drug-likeness (QED) is 0.158. The topological polar surface area (TPSA) is 6.48 Å². The van der Waals surface area contributed by atoms with E-state index in [1.165, 1.54) is 111 Å². The van der Waals surface area contributed by atoms with E-state index in [0.717, 1.165) is 11.8 Å². The third-order valence-corrected chi connectivity index (χ3v) is 16.2. The highest BCUT2D eigenvalue weighted by atomic mass is 15.1. The Hall–Kier alpha value is -6.64. The summed E-state index contributed by atoms with van der Waals surface area (Å²) in [7, 11) is 0. The summed E-state index contributed by atoms with van der Waals surface area (Å²) < 4.78 is 0. The zero-order chi connectivity index (χ0) is 41.9. The number of benzene rings is 8. The number of nitrogens with zero attached hydrogens (tertiary/aromatic N) is 2. The Morgan fingerprint density at radius 1 is 0.349 bits per heavy atom. The van der Waals surface area contributed by atoms with Gasteiger partial charge in [0.15, 0.2) is 0 Å². The van der Waals surface area contributed by atoms with Crippen molar-refractivity contribution < 1.29 is 0 Å². The van der Waals surface area contributed by atoms with E-state index >= 15 is 0 Å². The molecule has 0 saturated heterocycles. The van der Waals surface area contributed by atoms with Crippen molar-refractivity contribution in [2.75, 3.05) is 9.80 Å². The highest BCUT2D eigenvalue weighted by Gasteiger charge is 2.62. The van der Waals surface area contributed by atoms with E-state index < -0.39 is 0 Å². The van der Waals surface area contributed by atoms with Gasteiger partial charge in [-0.05, 0) is 173 Å². The first kappa shape index (κ1) is 37.0. The van der Waals surface area contributed by atoms with Crippen LogP contribution in [0.15, 0.2) is 194 Å². The fraction of sp³-hybridized carbons (Fsp3) is 0.213. The molecule has 306 valence electrons. The SMILES string of the molecule is CC1(C)c2ccccc2-c2ccc(N(c3ccccc3)c3ccccc3-c3cccc4c3C3(c5cc(N(c6ccccc6)c6ccccc6)ccc5-4)C4CC5CC(C4)CC3C5)cc21. The van der Waals surface area contributed by atoms with Gasteiger partial charge in [-0.25, -0.2) is 0 Å². The Morgan fingerprint density at radius 3 is 1.41 bits per heavy atom. The van der Waals surface area contributed by atoms with Gasteiger partial charge in [-0.2, -0.15) is 0 Å². The summed E-state index contributed by atoms with van der Waals surface area (Å²) in [6, 6.07) is 73.3. The van der Waals surface area contributed by atoms with Gasteiger partial charge >= 0.3 is 0 Å². The minimum Gasteiger partial charge on any atom is -0.310 e. The van der Waals surface area contributed by atoms with Crippen LogP contribution in [0.25, 0.3) is 33.4 Å². The number of rotatable bonds is 7. The molecular formula is C61H52N2. The van der Waals surface area contributed by atoms with E-state index in [9.17, 15) is 0 Å². The number of anilines is 6. The maximum absolute atomic E-state index is 2.63. The van der Waals surface area contributed by atoms with Crippen molar-refractivity contribution in [3.63, 3.8) is 0 Å². The molecule has 8 aromatic carbocycles. The number of fused-ring (bicyclic) bond motifs is 6. The molecule has 4 fully saturated rings. The molecule has 1 spiro atoms. The number of para-hydroxylation sites is 4. The van der Waals surface area contributed by atoms with Crippen molar-refractivity contribution in [2.24, 2.45) is 23.7 Å². The van der Waals surface area contributed by atoms with Gasteiger partial charge in [0.1, 0.15) is 0 Å². The van der Waals surface area contributed by atoms with Crippen molar-refractivity contribution in [3.05, 3.63) is 216 Å². The maximum atomic E-state index is 2.63. The molecule has 0 heterocycles. The minimum atomic E-state index is -0.100. The third-order valence-electron chi connectivity index (χ3n) is 16.2. The largest absolute Gasteiger partial charge is 0.310 e. The fourth-order valence-corrected chi connectivity index (χ4v) is 13.9. The highest BCUT2D eigenvalue weighted by Crippen LogP contribution is 2.71. The van der Waals surface area contributed by atoms with E-state index in [2.05, 4.69) is 218 Å². The lowest BCUT2D eigenvalue weighted by atomic mass is 9.42. The van der Waals surface area contributed by atoms with Crippen LogP contribution in [-0.2, 0) is 10.8 Å². The molecular weight excluding hydrogens is 761 g/mol. The molecule has 0 unspecified atom stereocenters. The Morgan fingerprint density at radius 2 is 0.794 bits per heavy atom. The Kier molecular flexibility index (Phi) is 8.17. The molecule has 4 saturated carbocycles. The lowest BCUT2D eigenvalue weighted by molar-refractivity contribution is -0.0397. The molecule has 8 aromatic rings. The Bertz CT molecular complexity index is 2990. The first-order chi connectivity index (χ1) is 31.0. The fourth-order valence-electron chi connectivity index (χ4n) is 13.9. The van der Waals surface area contributed by atoms with Gasteiger partial charge in [-0.1, -0.05) is 141 Å². The van der Waals surface area contributed by atoms with E-state index in [4.69, 9.17) is 0 Å². The average Bonchev–Trinajstić information content (AvgIpc) is 3.74. The van der Waals surface area contributed by atoms with Crippen LogP contribution in [0.2, 0.25) is 0 Å². The number of hydrogen-bond acceptors (Lipinski definition) is 2. The van der Waals surface area contributed by atoms with E-state index in [-0.39, 0.29) is 10.8 Å². The van der Waals surface area contributed by atoms with Crippen LogP contribution in [0.5, 0.6) is 0 Å². The third kappa shape index (κ3) is 5.37. The van der Waals surface area contributed by atoms with Gasteiger partial charge in [0, 0.05) is 44.8 Å². The second-order valence-corrected chi connectivity index (χ2v) is 19.7. The zero-order valence-corrected chi connectivity index (χ0v) is 36.2. The molecule has 0 amide bonds. The average molecular weight is 813 g/mol. The summed E-state index contributed by atoms with van der Waals surface area (Å²) in [5.74, 6) is 2.93. The molecule has 63 heavy (non-hydrogen) atoms. The molecule has 6 aliphatic carbocycles. The van der Waals surface area contributed by atoms with Crippen LogP contribution in [0.4, 0.5) is 34.1 Å². The molecule has 0 radical (unpaired) electrons. The van der Waals surface area contributed by atoms with Crippen molar-refractivity contribution in [1.82, 2.24) is 0 Å². The first-order valence-electron chi connectivity index (χ1n) is 23.4. The molecule has 0 atom stereocenters. The molecule has 4 bridgehead atoms. The summed E-state index contributed by atoms with van der Waals surface area (Å²) in [6.07, 6.45) is 6.75. The van der Waals surface area contributed by atoms with Crippen LogP contribution in [-0.4, -0.2) is 0 Å². The van der Waals surface area contributed by atoms with Crippen molar-refractivity contribution in [2.45, 2.75) is 56.8 Å². The Labute approximate surface area is 372 Å². The lowest BCUT2D eigenvalue weighted by Crippen LogP contribution is -2.55. The van der Waals surface area contributed by atoms with Gasteiger partial charge in [-0.3, -0.25) is 0 Å². The monoisotopic (exact) mass is 812 g/mol. The highest BCUT2D eigenvalue weighted by molar-refractivity contribution is 5.96. The van der Waals surface area contributed by atoms with E-state index in [1.54, 1.807) is 11.1 Å². The molecule has 2 heteroatoms. The van der Waals surface area contributed by atoms with Crippen LogP contribution < -0.4 is 9.80 Å². The summed E-state index contributed by atoms with van der Waals surface area (Å²) in [6.45, 7) is 4.78. The van der Waals surface area contributed by atoms with Crippen molar-refractivity contribution in [3.8, 4) is 33.4 Å². The van der Waals surface area contributed by atoms with Gasteiger partial charge in [0.25, 0.3) is 0 Å². The maximum Gasteiger partial charge on any atom is 0.0540 e. The zero-order valence-electron chi connectivity index (χ0n) is 36.2. The molecule has 0 aromatic heterocycles. The lowest BCUT2D eigenvalue weighted by Gasteiger charge is -2.61. The summed E-state index contributed by atoms with van der Waals surface area (Å²) >= 11 is 0. The smallest absolute Gasteiger partial charge is 0.0540 e. The first-order valence-corrected chi connectivity index (χ1v) is 23.4. The standard InChI is InChI=1S/C61H52N2/c1-60(2)55-27-14-12-23-49(55)50-31-30-48(38-56(50)60)63(46-21-10-5-11-22-46)58-28-15-13-24-52(58)54-26-16-25-53-51-32-29-47(62(44-17-6-3-7-18-44)45-19-8-4-9-20-45)39-57(51)61(59(53)54)42-34-40-33-41(36-42)37-43(61)35-40/h3-32,38-43H,33-37H2,1-2H3. The molecule has 14 rings (SSSR count). The van der Waals surface area contributed by atoms with Crippen molar-refractivity contribution >= 4 is 34.1 Å². The normalized spacial score (nSPS) is 22.6. The van der Waals surface area contributed by atoms with Crippen LogP contribution in [0.3, 0.4) is 0 Å². The van der Waals surface area contributed by atoms with Crippen LogP contribution in [0.1, 0.15) is 68.2 Å². The van der Waals surface area contributed by atoms with E-state index in [1.807, 2.05) is 0 Å². The van der Waals surface area contributed by atoms with Crippen LogP contribution >= 0.6 is 0 Å². The molecule has 0 N–H and O–H groups in total. The van der Waals surface area contributed by atoms with Crippen molar-refractivity contribution in [1.29, 1.82) is 0 Å². The predicted molar refractivity (Wildman–Crippen MR) is 262 cm³/mol. The molecule has 2 nitrogen and oxygen atoms in total. The summed E-state index contributed by atoms with van der Waals surface area (Å²) in [5.41, 5.74) is 21.3. The van der Waals surface area contributed by atoms with Gasteiger partial charge in [0.05, 0.1) is 5.69 Å². The van der Waals surface area contributed by atoms with Gasteiger partial charge in [-0.15, -0.1) is 0 Å². The summed E-state index contributed by atoms with van der Waals surface area (Å²) in [5, 5.41) is 0.